The van der Waals surface area contributed by atoms with Crippen LogP contribution in [0.1, 0.15) is 71.3 Å². The minimum atomic E-state index is -1.00. The standard InChI is InChI=1S/C23H27NO2S/c1-15-11-13-27-19(15)21(26)24-23(6,7)20(25)18-9-8-17(14-16(18)2)10-12-22(3,4)5/h8-9,11,13-14H,1-7H3,(H,24,26). The highest BCUT2D eigenvalue weighted by Gasteiger charge is 2.32. The normalized spacial score (nSPS) is 11.5. The van der Waals surface area contributed by atoms with E-state index in [0.29, 0.717) is 10.4 Å². The predicted molar refractivity (Wildman–Crippen MR) is 112 cm³/mol. The van der Waals surface area contributed by atoms with Crippen LogP contribution in [0.3, 0.4) is 0 Å². The van der Waals surface area contributed by atoms with Crippen LogP contribution in [0.15, 0.2) is 29.6 Å². The van der Waals surface area contributed by atoms with Crippen LogP contribution in [0.4, 0.5) is 0 Å². The molecule has 1 N–H and O–H groups in total. The summed E-state index contributed by atoms with van der Waals surface area (Å²) in [6.45, 7) is 13.5. The van der Waals surface area contributed by atoms with Crippen LogP contribution in [0.25, 0.3) is 0 Å². The summed E-state index contributed by atoms with van der Waals surface area (Å²) in [5, 5.41) is 4.75. The molecule has 2 aromatic rings. The molecule has 0 bridgehead atoms. The van der Waals surface area contributed by atoms with Crippen LogP contribution in [-0.4, -0.2) is 17.2 Å². The number of thiophene rings is 1. The number of ketones is 1. The van der Waals surface area contributed by atoms with Gasteiger partial charge in [-0.1, -0.05) is 11.8 Å². The zero-order chi connectivity index (χ0) is 20.4. The summed E-state index contributed by atoms with van der Waals surface area (Å²) >= 11 is 1.38. The van der Waals surface area contributed by atoms with Gasteiger partial charge in [-0.3, -0.25) is 9.59 Å². The summed E-state index contributed by atoms with van der Waals surface area (Å²) in [6.07, 6.45) is 0. The van der Waals surface area contributed by atoms with E-state index in [0.717, 1.165) is 16.7 Å². The van der Waals surface area contributed by atoms with Gasteiger partial charge in [-0.15, -0.1) is 11.3 Å². The van der Waals surface area contributed by atoms with Gasteiger partial charge in [-0.2, -0.15) is 0 Å². The molecule has 0 atom stereocenters. The number of hydrogen-bond donors (Lipinski definition) is 1. The molecule has 0 unspecified atom stereocenters. The lowest BCUT2D eigenvalue weighted by Crippen LogP contribution is -2.49. The number of benzene rings is 1. The quantitative estimate of drug-likeness (QED) is 0.588. The Labute approximate surface area is 166 Å². The number of aryl methyl sites for hydroxylation is 2. The second kappa shape index (κ2) is 7.70. The third-order valence-electron chi connectivity index (χ3n) is 4.11. The molecule has 0 aliphatic carbocycles. The van der Waals surface area contributed by atoms with E-state index in [1.54, 1.807) is 19.9 Å². The molecule has 1 aromatic heterocycles. The second-order valence-electron chi connectivity index (χ2n) is 8.37. The summed E-state index contributed by atoms with van der Waals surface area (Å²) in [5.41, 5.74) is 2.18. The molecule has 142 valence electrons. The molecule has 0 aliphatic rings. The Kier molecular flexibility index (Phi) is 5.97. The molecule has 1 amide bonds. The number of hydrogen-bond acceptors (Lipinski definition) is 3. The van der Waals surface area contributed by atoms with Crippen molar-refractivity contribution in [1.82, 2.24) is 5.32 Å². The summed E-state index contributed by atoms with van der Waals surface area (Å²) in [4.78, 5) is 26.2. The van der Waals surface area contributed by atoms with Crippen molar-refractivity contribution in [3.05, 3.63) is 56.8 Å². The minimum absolute atomic E-state index is 0.0748. The van der Waals surface area contributed by atoms with E-state index in [-0.39, 0.29) is 17.1 Å². The Hall–Kier alpha value is -2.38. The van der Waals surface area contributed by atoms with E-state index in [1.165, 1.54) is 11.3 Å². The van der Waals surface area contributed by atoms with E-state index < -0.39 is 5.54 Å². The SMILES string of the molecule is Cc1cc(C#CC(C)(C)C)ccc1C(=O)C(C)(C)NC(=O)c1sccc1C. The zero-order valence-electron chi connectivity index (χ0n) is 17.1. The van der Waals surface area contributed by atoms with E-state index in [2.05, 4.69) is 37.9 Å². The lowest BCUT2D eigenvalue weighted by Gasteiger charge is -2.25. The van der Waals surface area contributed by atoms with Crippen LogP contribution in [0.2, 0.25) is 0 Å². The number of rotatable bonds is 4. The number of amides is 1. The van der Waals surface area contributed by atoms with Gasteiger partial charge in [0.15, 0.2) is 5.78 Å². The molecule has 2 rings (SSSR count). The van der Waals surface area contributed by atoms with Crippen molar-refractivity contribution in [2.45, 2.75) is 54.0 Å². The lowest BCUT2D eigenvalue weighted by atomic mass is 9.89. The van der Waals surface area contributed by atoms with Gasteiger partial charge in [0.25, 0.3) is 5.91 Å². The maximum absolute atomic E-state index is 13.1. The minimum Gasteiger partial charge on any atom is -0.339 e. The molecule has 0 saturated heterocycles. The Morgan fingerprint density at radius 2 is 1.67 bits per heavy atom. The second-order valence-corrected chi connectivity index (χ2v) is 9.29. The Morgan fingerprint density at radius 1 is 1.00 bits per heavy atom. The van der Waals surface area contributed by atoms with Crippen molar-refractivity contribution in [2.75, 3.05) is 0 Å². The smallest absolute Gasteiger partial charge is 0.262 e. The van der Waals surface area contributed by atoms with Gasteiger partial charge >= 0.3 is 0 Å². The topological polar surface area (TPSA) is 46.2 Å². The molecule has 0 aliphatic heterocycles. The highest BCUT2D eigenvalue weighted by Crippen LogP contribution is 2.21. The van der Waals surface area contributed by atoms with E-state index >= 15 is 0 Å². The number of nitrogens with one attached hydrogen (secondary N) is 1. The molecule has 1 heterocycles. The molecule has 3 nitrogen and oxygen atoms in total. The van der Waals surface area contributed by atoms with Crippen molar-refractivity contribution in [3.63, 3.8) is 0 Å². The van der Waals surface area contributed by atoms with Crippen LogP contribution in [0, 0.1) is 31.1 Å². The fraction of sp³-hybridized carbons (Fsp3) is 0.391. The summed E-state index contributed by atoms with van der Waals surface area (Å²) in [5.74, 6) is 6.03. The first-order valence-electron chi connectivity index (χ1n) is 8.96. The van der Waals surface area contributed by atoms with Crippen LogP contribution < -0.4 is 5.32 Å². The van der Waals surface area contributed by atoms with Gasteiger partial charge in [0.1, 0.15) is 0 Å². The molecule has 4 heteroatoms. The van der Waals surface area contributed by atoms with Gasteiger partial charge in [-0.25, -0.2) is 0 Å². The maximum atomic E-state index is 13.1. The van der Waals surface area contributed by atoms with Gasteiger partial charge in [-0.05, 0) is 89.2 Å². The Balaban J connectivity index is 2.23. The zero-order valence-corrected chi connectivity index (χ0v) is 17.9. The van der Waals surface area contributed by atoms with E-state index in [4.69, 9.17) is 0 Å². The highest BCUT2D eigenvalue weighted by molar-refractivity contribution is 7.12. The predicted octanol–water partition coefficient (Wildman–Crippen LogP) is 5.15. The van der Waals surface area contributed by atoms with Gasteiger partial charge in [0, 0.05) is 16.5 Å². The van der Waals surface area contributed by atoms with Crippen molar-refractivity contribution >= 4 is 23.0 Å². The van der Waals surface area contributed by atoms with Crippen LogP contribution in [0.5, 0.6) is 0 Å². The first-order chi connectivity index (χ1) is 12.4. The van der Waals surface area contributed by atoms with Crippen molar-refractivity contribution in [2.24, 2.45) is 5.41 Å². The van der Waals surface area contributed by atoms with E-state index in [1.807, 2.05) is 37.4 Å². The first kappa shape index (κ1) is 20.9. The average Bonchev–Trinajstić information content (AvgIpc) is 2.97. The third-order valence-corrected chi connectivity index (χ3v) is 5.13. The van der Waals surface area contributed by atoms with Crippen molar-refractivity contribution in [1.29, 1.82) is 0 Å². The highest BCUT2D eigenvalue weighted by atomic mass is 32.1. The Morgan fingerprint density at radius 3 is 2.19 bits per heavy atom. The summed E-state index contributed by atoms with van der Waals surface area (Å²) in [6, 6.07) is 7.48. The fourth-order valence-electron chi connectivity index (χ4n) is 2.60. The summed E-state index contributed by atoms with van der Waals surface area (Å²) < 4.78 is 0. The molecule has 1 aromatic carbocycles. The van der Waals surface area contributed by atoms with Gasteiger partial charge in [0.05, 0.1) is 10.4 Å². The van der Waals surface area contributed by atoms with E-state index in [9.17, 15) is 9.59 Å². The van der Waals surface area contributed by atoms with Crippen LogP contribution in [-0.2, 0) is 0 Å². The lowest BCUT2D eigenvalue weighted by molar-refractivity contribution is 0.0799. The maximum Gasteiger partial charge on any atom is 0.262 e. The molecule has 0 radical (unpaired) electrons. The first-order valence-corrected chi connectivity index (χ1v) is 9.84. The molecular weight excluding hydrogens is 354 g/mol. The molecule has 27 heavy (non-hydrogen) atoms. The van der Waals surface area contributed by atoms with Gasteiger partial charge < -0.3 is 5.32 Å². The molecule has 0 spiro atoms. The monoisotopic (exact) mass is 381 g/mol. The van der Waals surface area contributed by atoms with Crippen LogP contribution >= 0.6 is 11.3 Å². The largest absolute Gasteiger partial charge is 0.339 e. The third kappa shape index (κ3) is 5.30. The van der Waals surface area contributed by atoms with Crippen molar-refractivity contribution in [3.8, 4) is 11.8 Å². The van der Waals surface area contributed by atoms with Gasteiger partial charge in [0.2, 0.25) is 0 Å². The molecule has 0 fully saturated rings. The molecule has 0 saturated carbocycles. The average molecular weight is 382 g/mol. The summed E-state index contributed by atoms with van der Waals surface area (Å²) in [7, 11) is 0. The number of Topliss-reactive ketones (excluding diaryl/α,β-unsaturated/α-hetero) is 1. The Bertz CT molecular complexity index is 933. The molecular formula is C23H27NO2S. The van der Waals surface area contributed by atoms with Crippen molar-refractivity contribution < 1.29 is 9.59 Å². The number of carbonyl (C=O) groups is 2. The fourth-order valence-corrected chi connectivity index (χ4v) is 3.42. The number of carbonyl (C=O) groups excluding carboxylic acids is 2.